The Morgan fingerprint density at radius 1 is 1.45 bits per heavy atom. The number of nitrogens with one attached hydrogen (secondary N) is 1. The molecule has 0 aliphatic carbocycles. The van der Waals surface area contributed by atoms with Crippen LogP contribution < -0.4 is 11.1 Å². The quantitative estimate of drug-likeness (QED) is 0.826. The molecule has 1 aromatic rings. The molecule has 3 N–H and O–H groups in total. The van der Waals surface area contributed by atoms with Gasteiger partial charge in [0.25, 0.3) is 5.91 Å². The van der Waals surface area contributed by atoms with Gasteiger partial charge in [-0.1, -0.05) is 6.92 Å². The second kappa shape index (κ2) is 6.17. The minimum atomic E-state index is -1.07. The van der Waals surface area contributed by atoms with Gasteiger partial charge in [-0.15, -0.1) is 0 Å². The molecule has 0 saturated carbocycles. The van der Waals surface area contributed by atoms with Crippen LogP contribution in [0.25, 0.3) is 0 Å². The van der Waals surface area contributed by atoms with Crippen molar-refractivity contribution in [1.29, 1.82) is 0 Å². The van der Waals surface area contributed by atoms with Gasteiger partial charge in [0, 0.05) is 24.8 Å². The first kappa shape index (κ1) is 14.7. The smallest absolute Gasteiger partial charge is 0.253 e. The number of nitrogens with two attached hydrogens (primary N) is 1. The molecule has 1 atom stereocenters. The van der Waals surface area contributed by atoms with Crippen LogP contribution in [0.5, 0.6) is 0 Å². The van der Waals surface area contributed by atoms with Crippen LogP contribution in [-0.4, -0.2) is 37.0 Å². The lowest BCUT2D eigenvalue weighted by atomic mass is 10.1. The topological polar surface area (TPSA) is 58.4 Å². The highest BCUT2D eigenvalue weighted by Gasteiger charge is 2.22. The molecule has 4 nitrogen and oxygen atoms in total. The van der Waals surface area contributed by atoms with E-state index in [0.29, 0.717) is 12.5 Å². The zero-order chi connectivity index (χ0) is 14.7. The van der Waals surface area contributed by atoms with Crippen molar-refractivity contribution in [3.8, 4) is 0 Å². The third-order valence-electron chi connectivity index (χ3n) is 3.71. The summed E-state index contributed by atoms with van der Waals surface area (Å²) in [6.07, 6.45) is 1.03. The molecule has 0 aromatic heterocycles. The second-order valence-corrected chi connectivity index (χ2v) is 5.11. The summed E-state index contributed by atoms with van der Waals surface area (Å²) in [6.45, 7) is 5.60. The number of carbonyl (C=O) groups excluding carboxylic acids is 1. The summed E-state index contributed by atoms with van der Waals surface area (Å²) in [5, 5.41) is 2.74. The van der Waals surface area contributed by atoms with Crippen molar-refractivity contribution in [3.05, 3.63) is 29.3 Å². The monoisotopic (exact) mass is 283 g/mol. The maximum atomic E-state index is 13.1. The molecule has 6 heteroatoms. The number of amides is 1. The van der Waals surface area contributed by atoms with E-state index in [-0.39, 0.29) is 11.3 Å². The first-order chi connectivity index (χ1) is 9.51. The van der Waals surface area contributed by atoms with Crippen LogP contribution in [0.3, 0.4) is 0 Å². The highest BCUT2D eigenvalue weighted by atomic mass is 19.2. The minimum Gasteiger partial charge on any atom is -0.398 e. The van der Waals surface area contributed by atoms with Crippen LogP contribution in [0.2, 0.25) is 0 Å². The van der Waals surface area contributed by atoms with Gasteiger partial charge in [0.2, 0.25) is 0 Å². The van der Waals surface area contributed by atoms with Crippen molar-refractivity contribution in [1.82, 2.24) is 10.2 Å². The van der Waals surface area contributed by atoms with E-state index in [2.05, 4.69) is 17.1 Å². The highest BCUT2D eigenvalue weighted by Crippen LogP contribution is 2.18. The molecule has 1 unspecified atom stereocenters. The fourth-order valence-electron chi connectivity index (χ4n) is 2.46. The number of nitrogens with zero attached hydrogens (tertiary/aromatic N) is 1. The van der Waals surface area contributed by atoms with E-state index in [1.165, 1.54) is 0 Å². The molecule has 110 valence electrons. The average Bonchev–Trinajstić information content (AvgIpc) is 2.88. The predicted molar refractivity (Wildman–Crippen MR) is 73.3 cm³/mol. The number of rotatable bonds is 4. The van der Waals surface area contributed by atoms with Crippen LogP contribution >= 0.6 is 0 Å². The number of likely N-dealkylation sites (tertiary alicyclic amines) is 1. The lowest BCUT2D eigenvalue weighted by Crippen LogP contribution is -2.31. The van der Waals surface area contributed by atoms with Crippen molar-refractivity contribution < 1.29 is 13.6 Å². The summed E-state index contributed by atoms with van der Waals surface area (Å²) >= 11 is 0. The Kier molecular flexibility index (Phi) is 4.54. The van der Waals surface area contributed by atoms with Gasteiger partial charge in [-0.2, -0.15) is 0 Å². The Balaban J connectivity index is 1.94. The molecular formula is C14H19F2N3O. The van der Waals surface area contributed by atoms with Crippen molar-refractivity contribution in [2.75, 3.05) is 31.9 Å². The van der Waals surface area contributed by atoms with E-state index in [4.69, 9.17) is 5.73 Å². The predicted octanol–water partition coefficient (Wildman–Crippen LogP) is 1.62. The molecule has 0 bridgehead atoms. The van der Waals surface area contributed by atoms with E-state index in [0.717, 1.165) is 38.2 Å². The Hall–Kier alpha value is -1.69. The molecule has 1 fully saturated rings. The van der Waals surface area contributed by atoms with Gasteiger partial charge in [-0.3, -0.25) is 4.79 Å². The van der Waals surface area contributed by atoms with Crippen LogP contribution in [-0.2, 0) is 0 Å². The molecular weight excluding hydrogens is 264 g/mol. The molecule has 0 spiro atoms. The van der Waals surface area contributed by atoms with E-state index in [9.17, 15) is 13.6 Å². The molecule has 1 aliphatic rings. The van der Waals surface area contributed by atoms with E-state index in [1.807, 2.05) is 0 Å². The average molecular weight is 283 g/mol. The SMILES string of the molecule is CCN1CCC(CNC(=O)c2cc(F)c(F)cc2N)C1. The van der Waals surface area contributed by atoms with Crippen LogP contribution in [0, 0.1) is 17.6 Å². The summed E-state index contributed by atoms with van der Waals surface area (Å²) in [5.41, 5.74) is 5.47. The lowest BCUT2D eigenvalue weighted by Gasteiger charge is -2.14. The molecule has 1 aromatic carbocycles. The third kappa shape index (κ3) is 3.25. The summed E-state index contributed by atoms with van der Waals surface area (Å²) in [4.78, 5) is 14.3. The van der Waals surface area contributed by atoms with Gasteiger partial charge < -0.3 is 16.0 Å². The van der Waals surface area contributed by atoms with Crippen molar-refractivity contribution in [3.63, 3.8) is 0 Å². The zero-order valence-electron chi connectivity index (χ0n) is 11.5. The van der Waals surface area contributed by atoms with Crippen LogP contribution in [0.1, 0.15) is 23.7 Å². The van der Waals surface area contributed by atoms with Crippen LogP contribution in [0.4, 0.5) is 14.5 Å². The molecule has 1 saturated heterocycles. The summed E-state index contributed by atoms with van der Waals surface area (Å²) in [7, 11) is 0. The lowest BCUT2D eigenvalue weighted by molar-refractivity contribution is 0.0948. The van der Waals surface area contributed by atoms with Crippen molar-refractivity contribution >= 4 is 11.6 Å². The van der Waals surface area contributed by atoms with E-state index in [1.54, 1.807) is 0 Å². The largest absolute Gasteiger partial charge is 0.398 e. The normalized spacial score (nSPS) is 19.2. The Morgan fingerprint density at radius 2 is 2.15 bits per heavy atom. The summed E-state index contributed by atoms with van der Waals surface area (Å²) in [5.74, 6) is -2.18. The summed E-state index contributed by atoms with van der Waals surface area (Å²) in [6, 6.07) is 1.67. The minimum absolute atomic E-state index is 0.0192. The standard InChI is InChI=1S/C14H19F2N3O/c1-2-19-4-3-9(8-19)7-18-14(20)10-5-11(15)12(16)6-13(10)17/h5-6,9H,2-4,7-8,17H2,1H3,(H,18,20). The van der Waals surface area contributed by atoms with Crippen LogP contribution in [0.15, 0.2) is 12.1 Å². The molecule has 1 aliphatic heterocycles. The van der Waals surface area contributed by atoms with Gasteiger partial charge in [0.05, 0.1) is 5.56 Å². The Morgan fingerprint density at radius 3 is 2.80 bits per heavy atom. The Labute approximate surface area is 116 Å². The number of halogens is 2. The molecule has 0 radical (unpaired) electrons. The van der Waals surface area contributed by atoms with Gasteiger partial charge in [-0.05, 0) is 31.5 Å². The molecule has 1 heterocycles. The zero-order valence-corrected chi connectivity index (χ0v) is 11.5. The molecule has 2 rings (SSSR count). The van der Waals surface area contributed by atoms with Gasteiger partial charge >= 0.3 is 0 Å². The molecule has 1 amide bonds. The Bertz CT molecular complexity index is 507. The van der Waals surface area contributed by atoms with Crippen molar-refractivity contribution in [2.45, 2.75) is 13.3 Å². The van der Waals surface area contributed by atoms with Crippen molar-refractivity contribution in [2.24, 2.45) is 5.92 Å². The first-order valence-electron chi connectivity index (χ1n) is 6.76. The van der Waals surface area contributed by atoms with E-state index >= 15 is 0 Å². The number of hydrogen-bond donors (Lipinski definition) is 2. The highest BCUT2D eigenvalue weighted by molar-refractivity contribution is 5.99. The third-order valence-corrected chi connectivity index (χ3v) is 3.71. The van der Waals surface area contributed by atoms with Gasteiger partial charge in [-0.25, -0.2) is 8.78 Å². The number of anilines is 1. The summed E-state index contributed by atoms with van der Waals surface area (Å²) < 4.78 is 26.1. The maximum Gasteiger partial charge on any atom is 0.253 e. The van der Waals surface area contributed by atoms with Gasteiger partial charge in [0.1, 0.15) is 0 Å². The van der Waals surface area contributed by atoms with Gasteiger partial charge in [0.15, 0.2) is 11.6 Å². The number of benzene rings is 1. The fourth-order valence-corrected chi connectivity index (χ4v) is 2.46. The fraction of sp³-hybridized carbons (Fsp3) is 0.500. The maximum absolute atomic E-state index is 13.1. The second-order valence-electron chi connectivity index (χ2n) is 5.11. The number of nitrogen functional groups attached to an aromatic ring is 1. The first-order valence-corrected chi connectivity index (χ1v) is 6.76. The number of hydrogen-bond acceptors (Lipinski definition) is 3. The molecule has 20 heavy (non-hydrogen) atoms. The number of carbonyl (C=O) groups is 1. The van der Waals surface area contributed by atoms with E-state index < -0.39 is 17.5 Å².